The number of hydrogen-bond acceptors (Lipinski definition) is 0. The summed E-state index contributed by atoms with van der Waals surface area (Å²) < 4.78 is 0. The van der Waals surface area contributed by atoms with Crippen molar-refractivity contribution < 1.29 is 0 Å². The molecule has 104 valence electrons. The summed E-state index contributed by atoms with van der Waals surface area (Å²) in [5, 5.41) is 0. The van der Waals surface area contributed by atoms with Crippen molar-refractivity contribution in [2.75, 3.05) is 0 Å². The Hall–Kier alpha value is 0. The van der Waals surface area contributed by atoms with E-state index in [-0.39, 0.29) is 0 Å². The Kier molecular flexibility index (Phi) is 12.5. The molecule has 2 atom stereocenters. The maximum Gasteiger partial charge on any atom is -0.0391 e. The first-order valence-corrected chi connectivity index (χ1v) is 8.26. The molecule has 0 bridgehead atoms. The molecule has 0 radical (unpaired) electrons. The minimum Gasteiger partial charge on any atom is -0.0654 e. The molecule has 0 aliphatic heterocycles. The molecule has 0 fully saturated rings. The van der Waals surface area contributed by atoms with Crippen molar-refractivity contribution in [1.29, 1.82) is 0 Å². The van der Waals surface area contributed by atoms with Crippen LogP contribution in [-0.2, 0) is 0 Å². The van der Waals surface area contributed by atoms with Crippen molar-refractivity contribution in [3.8, 4) is 0 Å². The molecule has 0 aromatic carbocycles. The monoisotopic (exact) mass is 240 g/mol. The van der Waals surface area contributed by atoms with Crippen LogP contribution < -0.4 is 0 Å². The van der Waals surface area contributed by atoms with Gasteiger partial charge >= 0.3 is 0 Å². The van der Waals surface area contributed by atoms with Gasteiger partial charge in [0.25, 0.3) is 0 Å². The van der Waals surface area contributed by atoms with Gasteiger partial charge in [-0.1, -0.05) is 98.3 Å². The number of unbranched alkanes of at least 4 members (excludes halogenated alkanes) is 6. The van der Waals surface area contributed by atoms with Crippen molar-refractivity contribution in [1.82, 2.24) is 0 Å². The number of rotatable bonds is 12. The summed E-state index contributed by atoms with van der Waals surface area (Å²) in [5.74, 6) is 1.95. The normalized spacial score (nSPS) is 14.8. The summed E-state index contributed by atoms with van der Waals surface area (Å²) in [5.41, 5.74) is 0. The van der Waals surface area contributed by atoms with Crippen LogP contribution >= 0.6 is 0 Å². The molecule has 0 aromatic heterocycles. The van der Waals surface area contributed by atoms with Gasteiger partial charge in [0.15, 0.2) is 0 Å². The Morgan fingerprint density at radius 3 is 1.76 bits per heavy atom. The lowest BCUT2D eigenvalue weighted by molar-refractivity contribution is 0.292. The molecule has 2 unspecified atom stereocenters. The van der Waals surface area contributed by atoms with Crippen molar-refractivity contribution in [2.24, 2.45) is 11.8 Å². The zero-order valence-corrected chi connectivity index (χ0v) is 12.9. The van der Waals surface area contributed by atoms with Gasteiger partial charge in [-0.15, -0.1) is 0 Å². The second kappa shape index (κ2) is 12.5. The summed E-state index contributed by atoms with van der Waals surface area (Å²) in [6, 6.07) is 0. The maximum absolute atomic E-state index is 2.48. The van der Waals surface area contributed by atoms with Crippen molar-refractivity contribution in [3.63, 3.8) is 0 Å². The molecule has 0 rings (SSSR count). The molecular formula is C17H36. The lowest BCUT2D eigenvalue weighted by atomic mass is 9.83. The molecule has 17 heavy (non-hydrogen) atoms. The van der Waals surface area contributed by atoms with Gasteiger partial charge < -0.3 is 0 Å². The first-order chi connectivity index (χ1) is 8.26. The Morgan fingerprint density at radius 2 is 1.18 bits per heavy atom. The Balaban J connectivity index is 3.58. The highest BCUT2D eigenvalue weighted by molar-refractivity contribution is 4.66. The highest BCUT2D eigenvalue weighted by Crippen LogP contribution is 2.26. The second-order valence-electron chi connectivity index (χ2n) is 5.84. The predicted molar refractivity (Wildman–Crippen MR) is 80.5 cm³/mol. The van der Waals surface area contributed by atoms with Crippen molar-refractivity contribution >= 4 is 0 Å². The highest BCUT2D eigenvalue weighted by Gasteiger charge is 2.14. The summed E-state index contributed by atoms with van der Waals surface area (Å²) >= 11 is 0. The van der Waals surface area contributed by atoms with Gasteiger partial charge in [0.05, 0.1) is 0 Å². The molecule has 0 saturated carbocycles. The van der Waals surface area contributed by atoms with E-state index >= 15 is 0 Å². The molecule has 0 aliphatic carbocycles. The van der Waals surface area contributed by atoms with Crippen LogP contribution in [0.25, 0.3) is 0 Å². The van der Waals surface area contributed by atoms with Crippen LogP contribution in [0, 0.1) is 11.8 Å². The smallest absolute Gasteiger partial charge is 0.0391 e. The maximum atomic E-state index is 2.48. The minimum atomic E-state index is 0.956. The van der Waals surface area contributed by atoms with Gasteiger partial charge in [0.2, 0.25) is 0 Å². The standard InChI is InChI=1S/C17H36/c1-5-8-10-11-13-15-17(7-3)16(4)14-12-9-6-2/h16-17H,5-15H2,1-4H3. The second-order valence-corrected chi connectivity index (χ2v) is 5.84. The SMILES string of the molecule is CCCCCCCC(CC)C(C)CCCCC. The molecule has 0 N–H and O–H groups in total. The number of hydrogen-bond donors (Lipinski definition) is 0. The quantitative estimate of drug-likeness (QED) is 0.338. The Labute approximate surface area is 111 Å². The Morgan fingerprint density at radius 1 is 0.647 bits per heavy atom. The van der Waals surface area contributed by atoms with Crippen LogP contribution in [0.15, 0.2) is 0 Å². The molecule has 0 aromatic rings. The lowest BCUT2D eigenvalue weighted by Crippen LogP contribution is -2.11. The van der Waals surface area contributed by atoms with Crippen LogP contribution in [0.4, 0.5) is 0 Å². The molecule has 0 heteroatoms. The van der Waals surface area contributed by atoms with Crippen molar-refractivity contribution in [2.45, 2.75) is 98.3 Å². The van der Waals surface area contributed by atoms with Gasteiger partial charge in [-0.05, 0) is 11.8 Å². The largest absolute Gasteiger partial charge is 0.0654 e. The fourth-order valence-electron chi connectivity index (χ4n) is 2.85. The van der Waals surface area contributed by atoms with Gasteiger partial charge in [-0.25, -0.2) is 0 Å². The van der Waals surface area contributed by atoms with Gasteiger partial charge in [-0.3, -0.25) is 0 Å². The third-order valence-electron chi connectivity index (χ3n) is 4.27. The molecule has 0 aliphatic rings. The molecule has 0 nitrogen and oxygen atoms in total. The predicted octanol–water partition coefficient (Wildman–Crippen LogP) is 6.59. The third-order valence-corrected chi connectivity index (χ3v) is 4.27. The minimum absolute atomic E-state index is 0.956. The highest BCUT2D eigenvalue weighted by atomic mass is 14.2. The van der Waals surface area contributed by atoms with Gasteiger partial charge in [0.1, 0.15) is 0 Å². The van der Waals surface area contributed by atoms with E-state index in [1.54, 1.807) is 0 Å². The van der Waals surface area contributed by atoms with E-state index in [4.69, 9.17) is 0 Å². The van der Waals surface area contributed by atoms with Gasteiger partial charge in [-0.2, -0.15) is 0 Å². The van der Waals surface area contributed by atoms with Crippen LogP contribution in [0.3, 0.4) is 0 Å². The van der Waals surface area contributed by atoms with E-state index in [0.717, 1.165) is 11.8 Å². The fourth-order valence-corrected chi connectivity index (χ4v) is 2.85. The van der Waals surface area contributed by atoms with Crippen LogP contribution in [-0.4, -0.2) is 0 Å². The average Bonchev–Trinajstić information content (AvgIpc) is 2.34. The summed E-state index contributed by atoms with van der Waals surface area (Å²) in [6.45, 7) is 9.46. The van der Waals surface area contributed by atoms with E-state index in [0.29, 0.717) is 0 Å². The molecular weight excluding hydrogens is 204 g/mol. The molecule has 0 amide bonds. The summed E-state index contributed by atoms with van der Waals surface area (Å²) in [4.78, 5) is 0. The van der Waals surface area contributed by atoms with Gasteiger partial charge in [0, 0.05) is 0 Å². The fraction of sp³-hybridized carbons (Fsp3) is 1.00. The summed E-state index contributed by atoms with van der Waals surface area (Å²) in [6.07, 6.45) is 15.8. The first-order valence-electron chi connectivity index (χ1n) is 8.26. The van der Waals surface area contributed by atoms with E-state index in [2.05, 4.69) is 27.7 Å². The van der Waals surface area contributed by atoms with E-state index in [9.17, 15) is 0 Å². The van der Waals surface area contributed by atoms with Crippen LogP contribution in [0.5, 0.6) is 0 Å². The van der Waals surface area contributed by atoms with E-state index < -0.39 is 0 Å². The molecule has 0 heterocycles. The Bertz CT molecular complexity index is 139. The zero-order chi connectivity index (χ0) is 12.9. The van der Waals surface area contributed by atoms with E-state index in [1.165, 1.54) is 70.6 Å². The zero-order valence-electron chi connectivity index (χ0n) is 12.9. The van der Waals surface area contributed by atoms with Crippen LogP contribution in [0.2, 0.25) is 0 Å². The molecule has 0 saturated heterocycles. The third kappa shape index (κ3) is 9.68. The average molecular weight is 240 g/mol. The lowest BCUT2D eigenvalue weighted by Gasteiger charge is -2.22. The van der Waals surface area contributed by atoms with Crippen LogP contribution in [0.1, 0.15) is 98.3 Å². The van der Waals surface area contributed by atoms with E-state index in [1.807, 2.05) is 0 Å². The summed E-state index contributed by atoms with van der Waals surface area (Å²) in [7, 11) is 0. The first kappa shape index (κ1) is 17.0. The molecule has 0 spiro atoms. The topological polar surface area (TPSA) is 0 Å². The van der Waals surface area contributed by atoms with Crippen molar-refractivity contribution in [3.05, 3.63) is 0 Å².